The van der Waals surface area contributed by atoms with Gasteiger partial charge in [0.2, 0.25) is 0 Å². The standard InChI is InChI=1S/C10H7Cl3N2O2S2/c1-5-9(18-10(13)14-5)19(16,17)15-8-4-6(11)2-3-7(8)12/h2-4,15H,1H3. The fraction of sp³-hybridized carbons (Fsp3) is 0.100. The summed E-state index contributed by atoms with van der Waals surface area (Å²) in [7, 11) is -3.78. The van der Waals surface area contributed by atoms with E-state index in [4.69, 9.17) is 34.8 Å². The van der Waals surface area contributed by atoms with E-state index in [1.807, 2.05) is 0 Å². The third kappa shape index (κ3) is 3.32. The quantitative estimate of drug-likeness (QED) is 0.895. The Kier molecular flexibility index (Phi) is 4.27. The number of aromatic nitrogens is 1. The molecule has 0 aliphatic rings. The van der Waals surface area contributed by atoms with Crippen molar-refractivity contribution >= 4 is 61.9 Å². The fourth-order valence-corrected chi connectivity index (χ4v) is 4.57. The van der Waals surface area contributed by atoms with E-state index in [0.29, 0.717) is 10.7 Å². The number of aryl methyl sites for hydroxylation is 1. The van der Waals surface area contributed by atoms with Crippen LogP contribution in [0.15, 0.2) is 22.4 Å². The number of anilines is 1. The van der Waals surface area contributed by atoms with Crippen molar-refractivity contribution in [3.63, 3.8) is 0 Å². The van der Waals surface area contributed by atoms with E-state index >= 15 is 0 Å². The average Bonchev–Trinajstić information content (AvgIpc) is 2.63. The topological polar surface area (TPSA) is 59.1 Å². The molecule has 19 heavy (non-hydrogen) atoms. The highest BCUT2D eigenvalue weighted by Crippen LogP contribution is 2.31. The van der Waals surface area contributed by atoms with Gasteiger partial charge in [0.05, 0.1) is 16.4 Å². The molecule has 0 aliphatic carbocycles. The van der Waals surface area contributed by atoms with Crippen molar-refractivity contribution in [3.05, 3.63) is 38.4 Å². The first-order valence-electron chi connectivity index (χ1n) is 4.90. The fourth-order valence-electron chi connectivity index (χ4n) is 1.37. The van der Waals surface area contributed by atoms with E-state index in [0.717, 1.165) is 11.3 Å². The molecule has 1 N–H and O–H groups in total. The van der Waals surface area contributed by atoms with Gasteiger partial charge in [-0.1, -0.05) is 46.1 Å². The van der Waals surface area contributed by atoms with Crippen LogP contribution in [0.5, 0.6) is 0 Å². The molecule has 0 amide bonds. The highest BCUT2D eigenvalue weighted by molar-refractivity contribution is 7.94. The summed E-state index contributed by atoms with van der Waals surface area (Å²) in [5, 5.41) is 0.627. The van der Waals surface area contributed by atoms with E-state index in [9.17, 15) is 8.42 Å². The summed E-state index contributed by atoms with van der Waals surface area (Å²) in [6.45, 7) is 1.57. The molecule has 0 atom stereocenters. The molecule has 0 saturated carbocycles. The normalized spacial score (nSPS) is 11.6. The second kappa shape index (κ2) is 5.46. The van der Waals surface area contributed by atoms with Crippen LogP contribution in [0.1, 0.15) is 5.69 Å². The summed E-state index contributed by atoms with van der Waals surface area (Å²) < 4.78 is 27.0. The van der Waals surface area contributed by atoms with Gasteiger partial charge in [-0.3, -0.25) is 4.72 Å². The molecule has 0 unspecified atom stereocenters. The van der Waals surface area contributed by atoms with Crippen LogP contribution in [0, 0.1) is 6.92 Å². The van der Waals surface area contributed by atoms with Crippen LogP contribution < -0.4 is 4.72 Å². The molecule has 0 saturated heterocycles. The van der Waals surface area contributed by atoms with Crippen molar-refractivity contribution in [1.29, 1.82) is 0 Å². The van der Waals surface area contributed by atoms with Crippen molar-refractivity contribution in [2.24, 2.45) is 0 Å². The van der Waals surface area contributed by atoms with Gasteiger partial charge in [-0.2, -0.15) is 0 Å². The van der Waals surface area contributed by atoms with Crippen LogP contribution in [-0.4, -0.2) is 13.4 Å². The molecule has 2 rings (SSSR count). The Morgan fingerprint density at radius 3 is 2.53 bits per heavy atom. The van der Waals surface area contributed by atoms with Gasteiger partial charge in [-0.15, -0.1) is 0 Å². The Balaban J connectivity index is 2.42. The van der Waals surface area contributed by atoms with E-state index in [-0.39, 0.29) is 19.4 Å². The Hall–Kier alpha value is -0.530. The van der Waals surface area contributed by atoms with E-state index in [2.05, 4.69) is 9.71 Å². The monoisotopic (exact) mass is 356 g/mol. The van der Waals surface area contributed by atoms with Crippen LogP contribution >= 0.6 is 46.1 Å². The lowest BCUT2D eigenvalue weighted by Gasteiger charge is -2.08. The Bertz CT molecular complexity index is 728. The second-order valence-corrected chi connectivity index (χ2v) is 7.87. The summed E-state index contributed by atoms with van der Waals surface area (Å²) in [6.07, 6.45) is 0. The highest BCUT2D eigenvalue weighted by Gasteiger charge is 2.22. The van der Waals surface area contributed by atoms with Crippen LogP contribution in [0.2, 0.25) is 14.5 Å². The largest absolute Gasteiger partial charge is 0.277 e. The number of nitrogens with one attached hydrogen (secondary N) is 1. The molecule has 0 aliphatic heterocycles. The molecule has 4 nitrogen and oxygen atoms in total. The molecule has 9 heteroatoms. The van der Waals surface area contributed by atoms with Crippen molar-refractivity contribution < 1.29 is 8.42 Å². The van der Waals surface area contributed by atoms with E-state index in [1.54, 1.807) is 13.0 Å². The van der Waals surface area contributed by atoms with Gasteiger partial charge >= 0.3 is 0 Å². The lowest BCUT2D eigenvalue weighted by molar-refractivity contribution is 0.602. The first-order valence-corrected chi connectivity index (χ1v) is 8.34. The first kappa shape index (κ1) is 14.9. The second-order valence-electron chi connectivity index (χ2n) is 3.57. The first-order chi connectivity index (χ1) is 8.79. The van der Waals surface area contributed by atoms with Crippen LogP contribution in [0.4, 0.5) is 5.69 Å². The third-order valence-corrected chi connectivity index (χ3v) is 5.95. The number of hydrogen-bond donors (Lipinski definition) is 1. The maximum absolute atomic E-state index is 12.2. The predicted octanol–water partition coefficient (Wildman–Crippen LogP) is 4.21. The van der Waals surface area contributed by atoms with Gasteiger partial charge in [0, 0.05) is 5.02 Å². The summed E-state index contributed by atoms with van der Waals surface area (Å²) in [5.41, 5.74) is 0.540. The van der Waals surface area contributed by atoms with Gasteiger partial charge in [-0.25, -0.2) is 13.4 Å². The minimum absolute atomic E-state index is 0.0496. The maximum atomic E-state index is 12.2. The van der Waals surface area contributed by atoms with Crippen LogP contribution in [0.3, 0.4) is 0 Å². The van der Waals surface area contributed by atoms with Gasteiger partial charge in [0.1, 0.15) is 0 Å². The number of thiazole rings is 1. The SMILES string of the molecule is Cc1nc(Cl)sc1S(=O)(=O)Nc1cc(Cl)ccc1Cl. The average molecular weight is 358 g/mol. The number of rotatable bonds is 3. The van der Waals surface area contributed by atoms with Crippen LogP contribution in [0.25, 0.3) is 0 Å². The lowest BCUT2D eigenvalue weighted by Crippen LogP contribution is -2.13. The zero-order valence-electron chi connectivity index (χ0n) is 9.45. The zero-order valence-corrected chi connectivity index (χ0v) is 13.3. The van der Waals surface area contributed by atoms with Gasteiger partial charge in [-0.05, 0) is 25.1 Å². The van der Waals surface area contributed by atoms with Gasteiger partial charge in [0.15, 0.2) is 8.68 Å². The van der Waals surface area contributed by atoms with Crippen molar-refractivity contribution in [1.82, 2.24) is 4.98 Å². The van der Waals surface area contributed by atoms with E-state index < -0.39 is 10.0 Å². The summed E-state index contributed by atoms with van der Waals surface area (Å²) in [4.78, 5) is 3.86. The van der Waals surface area contributed by atoms with Crippen molar-refractivity contribution in [3.8, 4) is 0 Å². The van der Waals surface area contributed by atoms with Gasteiger partial charge in [0.25, 0.3) is 10.0 Å². The number of sulfonamides is 1. The number of hydrogen-bond acceptors (Lipinski definition) is 4. The zero-order chi connectivity index (χ0) is 14.2. The minimum Gasteiger partial charge on any atom is -0.277 e. The third-order valence-electron chi connectivity index (χ3n) is 2.14. The molecule has 1 aromatic heterocycles. The number of nitrogens with zero attached hydrogens (tertiary/aromatic N) is 1. The summed E-state index contributed by atoms with van der Waals surface area (Å²) in [6, 6.07) is 4.50. The Morgan fingerprint density at radius 2 is 1.95 bits per heavy atom. The molecule has 0 fully saturated rings. The van der Waals surface area contributed by atoms with Crippen molar-refractivity contribution in [2.75, 3.05) is 4.72 Å². The molecular weight excluding hydrogens is 351 g/mol. The Labute approximate surface area is 129 Å². The van der Waals surface area contributed by atoms with E-state index in [1.165, 1.54) is 12.1 Å². The molecule has 0 spiro atoms. The maximum Gasteiger partial charge on any atom is 0.273 e. The molecular formula is C10H7Cl3N2O2S2. The lowest BCUT2D eigenvalue weighted by atomic mass is 10.3. The molecule has 0 bridgehead atoms. The molecule has 1 heterocycles. The Morgan fingerprint density at radius 1 is 1.26 bits per heavy atom. The summed E-state index contributed by atoms with van der Waals surface area (Å²) >= 11 is 18.3. The number of halogens is 3. The minimum atomic E-state index is -3.78. The molecule has 1 aromatic carbocycles. The molecule has 102 valence electrons. The molecule has 0 radical (unpaired) electrons. The van der Waals surface area contributed by atoms with Crippen molar-refractivity contribution in [2.45, 2.75) is 11.1 Å². The van der Waals surface area contributed by atoms with Gasteiger partial charge < -0.3 is 0 Å². The number of benzene rings is 1. The highest BCUT2D eigenvalue weighted by atomic mass is 35.5. The molecule has 2 aromatic rings. The van der Waals surface area contributed by atoms with Crippen LogP contribution in [-0.2, 0) is 10.0 Å². The summed E-state index contributed by atoms with van der Waals surface area (Å²) in [5.74, 6) is 0. The smallest absolute Gasteiger partial charge is 0.273 e. The predicted molar refractivity (Wildman–Crippen MR) is 79.1 cm³/mol.